The van der Waals surface area contributed by atoms with Gasteiger partial charge in [-0.05, 0) is 18.2 Å². The molecule has 0 amide bonds. The molecule has 0 atom stereocenters. The van der Waals surface area contributed by atoms with Crippen molar-refractivity contribution in [1.29, 1.82) is 0 Å². The van der Waals surface area contributed by atoms with Gasteiger partial charge in [0, 0.05) is 10.9 Å². The van der Waals surface area contributed by atoms with Crippen LogP contribution in [0, 0.1) is 0 Å². The lowest BCUT2D eigenvalue weighted by molar-refractivity contribution is -0.141. The Balaban J connectivity index is 2.06. The standard InChI is InChI=1S/C11H7F3N4/c12-11(13,14)10-4-9(17-18-10)6-1-2-8-7(3-6)5-15-16-8/h1-5H,(H,15,16)(H,17,18). The summed E-state index contributed by atoms with van der Waals surface area (Å²) in [7, 11) is 0. The van der Waals surface area contributed by atoms with Gasteiger partial charge >= 0.3 is 6.18 Å². The van der Waals surface area contributed by atoms with Crippen LogP contribution in [0.5, 0.6) is 0 Å². The smallest absolute Gasteiger partial charge is 0.278 e. The molecule has 4 nitrogen and oxygen atoms in total. The van der Waals surface area contributed by atoms with Crippen LogP contribution in [0.2, 0.25) is 0 Å². The zero-order valence-electron chi connectivity index (χ0n) is 8.92. The van der Waals surface area contributed by atoms with Gasteiger partial charge in [0.15, 0.2) is 0 Å². The first kappa shape index (κ1) is 10.8. The van der Waals surface area contributed by atoms with Gasteiger partial charge in [-0.2, -0.15) is 23.4 Å². The number of hydrogen-bond acceptors (Lipinski definition) is 2. The van der Waals surface area contributed by atoms with Crippen LogP contribution in [0.15, 0.2) is 30.5 Å². The predicted molar refractivity (Wildman–Crippen MR) is 58.7 cm³/mol. The lowest BCUT2D eigenvalue weighted by atomic mass is 10.1. The number of fused-ring (bicyclic) bond motifs is 1. The molecule has 0 saturated heterocycles. The number of alkyl halides is 3. The van der Waals surface area contributed by atoms with E-state index in [9.17, 15) is 13.2 Å². The third-order valence-corrected chi connectivity index (χ3v) is 2.62. The number of nitrogens with one attached hydrogen (secondary N) is 2. The van der Waals surface area contributed by atoms with Crippen LogP contribution in [-0.2, 0) is 6.18 Å². The fraction of sp³-hybridized carbons (Fsp3) is 0.0909. The summed E-state index contributed by atoms with van der Waals surface area (Å²) >= 11 is 0. The van der Waals surface area contributed by atoms with Crippen molar-refractivity contribution in [2.75, 3.05) is 0 Å². The first-order chi connectivity index (χ1) is 8.54. The molecule has 7 heteroatoms. The third kappa shape index (κ3) is 1.73. The average molecular weight is 252 g/mol. The van der Waals surface area contributed by atoms with E-state index in [-0.39, 0.29) is 5.69 Å². The maximum absolute atomic E-state index is 12.4. The van der Waals surface area contributed by atoms with Gasteiger partial charge in [-0.25, -0.2) is 0 Å². The maximum Gasteiger partial charge on any atom is 0.432 e. The van der Waals surface area contributed by atoms with Crippen LogP contribution < -0.4 is 0 Å². The highest BCUT2D eigenvalue weighted by atomic mass is 19.4. The normalized spacial score (nSPS) is 12.2. The molecule has 2 heterocycles. The van der Waals surface area contributed by atoms with E-state index in [0.717, 1.165) is 17.0 Å². The van der Waals surface area contributed by atoms with Gasteiger partial charge < -0.3 is 0 Å². The van der Waals surface area contributed by atoms with E-state index >= 15 is 0 Å². The molecule has 0 fully saturated rings. The molecular weight excluding hydrogens is 245 g/mol. The van der Waals surface area contributed by atoms with E-state index in [1.54, 1.807) is 24.4 Å². The minimum atomic E-state index is -4.41. The van der Waals surface area contributed by atoms with E-state index < -0.39 is 11.9 Å². The lowest BCUT2D eigenvalue weighted by Gasteiger charge is -2.00. The highest BCUT2D eigenvalue weighted by Gasteiger charge is 2.33. The monoisotopic (exact) mass is 252 g/mol. The Kier molecular flexibility index (Phi) is 2.16. The highest BCUT2D eigenvalue weighted by molar-refractivity contribution is 5.83. The second-order valence-corrected chi connectivity index (χ2v) is 3.84. The maximum atomic E-state index is 12.4. The van der Waals surface area contributed by atoms with Crippen molar-refractivity contribution in [2.24, 2.45) is 0 Å². The van der Waals surface area contributed by atoms with E-state index in [0.29, 0.717) is 5.56 Å². The Morgan fingerprint density at radius 2 is 1.89 bits per heavy atom. The molecule has 0 aliphatic carbocycles. The molecule has 2 N–H and O–H groups in total. The van der Waals surface area contributed by atoms with Gasteiger partial charge in [-0.15, -0.1) is 0 Å². The van der Waals surface area contributed by atoms with Gasteiger partial charge in [0.1, 0.15) is 5.69 Å². The molecular formula is C11H7F3N4. The van der Waals surface area contributed by atoms with Crippen molar-refractivity contribution in [1.82, 2.24) is 20.4 Å². The molecule has 0 radical (unpaired) electrons. The molecule has 0 aliphatic heterocycles. The summed E-state index contributed by atoms with van der Waals surface area (Å²) in [6.45, 7) is 0. The average Bonchev–Trinajstić information content (AvgIpc) is 2.96. The van der Waals surface area contributed by atoms with Gasteiger partial charge in [-0.1, -0.05) is 6.07 Å². The molecule has 18 heavy (non-hydrogen) atoms. The first-order valence-corrected chi connectivity index (χ1v) is 5.10. The minimum absolute atomic E-state index is 0.255. The SMILES string of the molecule is FC(F)(F)c1cc(-c2ccc3[nH]ncc3c2)n[nH]1. The molecule has 0 saturated carbocycles. The summed E-state index contributed by atoms with van der Waals surface area (Å²) in [6.07, 6.45) is -2.80. The number of nitrogens with zero attached hydrogens (tertiary/aromatic N) is 2. The Hall–Kier alpha value is -2.31. The van der Waals surface area contributed by atoms with E-state index in [1.165, 1.54) is 0 Å². The summed E-state index contributed by atoms with van der Waals surface area (Å²) in [5.74, 6) is 0. The fourth-order valence-corrected chi connectivity index (χ4v) is 1.72. The van der Waals surface area contributed by atoms with Crippen molar-refractivity contribution < 1.29 is 13.2 Å². The van der Waals surface area contributed by atoms with Crippen LogP contribution >= 0.6 is 0 Å². The van der Waals surface area contributed by atoms with Crippen LogP contribution in [0.3, 0.4) is 0 Å². The molecule has 92 valence electrons. The molecule has 3 aromatic rings. The summed E-state index contributed by atoms with van der Waals surface area (Å²) in [5.41, 5.74) is 0.830. The van der Waals surface area contributed by atoms with Crippen LogP contribution in [0.1, 0.15) is 5.69 Å². The largest absolute Gasteiger partial charge is 0.432 e. The van der Waals surface area contributed by atoms with Gasteiger partial charge in [0.05, 0.1) is 17.4 Å². The third-order valence-electron chi connectivity index (χ3n) is 2.62. The summed E-state index contributed by atoms with van der Waals surface area (Å²) in [6, 6.07) is 6.16. The topological polar surface area (TPSA) is 57.4 Å². The number of H-pyrrole nitrogens is 2. The summed E-state index contributed by atoms with van der Waals surface area (Å²) < 4.78 is 37.3. The predicted octanol–water partition coefficient (Wildman–Crippen LogP) is 2.97. The highest BCUT2D eigenvalue weighted by Crippen LogP contribution is 2.30. The van der Waals surface area contributed by atoms with Gasteiger partial charge in [-0.3, -0.25) is 10.2 Å². The Labute approximate surface area is 98.8 Å². The number of rotatable bonds is 1. The molecule has 0 bridgehead atoms. The van der Waals surface area contributed by atoms with Crippen molar-refractivity contribution in [3.05, 3.63) is 36.2 Å². The summed E-state index contributed by atoms with van der Waals surface area (Å²) in [5, 5.41) is 13.1. The van der Waals surface area contributed by atoms with Crippen molar-refractivity contribution in [3.63, 3.8) is 0 Å². The molecule has 0 aliphatic rings. The number of benzene rings is 1. The quantitative estimate of drug-likeness (QED) is 0.699. The van der Waals surface area contributed by atoms with Crippen molar-refractivity contribution in [2.45, 2.75) is 6.18 Å². The molecule has 3 rings (SSSR count). The molecule has 2 aromatic heterocycles. The second kappa shape index (κ2) is 3.59. The van der Waals surface area contributed by atoms with E-state index in [1.807, 2.05) is 5.10 Å². The van der Waals surface area contributed by atoms with Crippen molar-refractivity contribution >= 4 is 10.9 Å². The Morgan fingerprint density at radius 1 is 1.06 bits per heavy atom. The molecule has 0 unspecified atom stereocenters. The Bertz CT molecular complexity index is 695. The molecule has 1 aromatic carbocycles. The van der Waals surface area contributed by atoms with Crippen molar-refractivity contribution in [3.8, 4) is 11.3 Å². The Morgan fingerprint density at radius 3 is 2.61 bits per heavy atom. The van der Waals surface area contributed by atoms with Gasteiger partial charge in [0.2, 0.25) is 0 Å². The fourth-order valence-electron chi connectivity index (χ4n) is 1.72. The zero-order chi connectivity index (χ0) is 12.8. The lowest BCUT2D eigenvalue weighted by Crippen LogP contribution is -2.04. The number of halogens is 3. The van der Waals surface area contributed by atoms with Gasteiger partial charge in [0.25, 0.3) is 0 Å². The van der Waals surface area contributed by atoms with Crippen LogP contribution in [0.4, 0.5) is 13.2 Å². The number of aromatic nitrogens is 4. The van der Waals surface area contributed by atoms with Crippen LogP contribution in [0.25, 0.3) is 22.2 Å². The zero-order valence-corrected chi connectivity index (χ0v) is 8.92. The van der Waals surface area contributed by atoms with Crippen LogP contribution in [-0.4, -0.2) is 20.4 Å². The number of hydrogen-bond donors (Lipinski definition) is 2. The molecule has 0 spiro atoms. The van der Waals surface area contributed by atoms with E-state index in [2.05, 4.69) is 15.3 Å². The second-order valence-electron chi connectivity index (χ2n) is 3.84. The summed E-state index contributed by atoms with van der Waals surface area (Å²) in [4.78, 5) is 0. The van der Waals surface area contributed by atoms with E-state index in [4.69, 9.17) is 0 Å². The minimum Gasteiger partial charge on any atom is -0.278 e. The first-order valence-electron chi connectivity index (χ1n) is 5.10. The number of aromatic amines is 2.